The molecule has 3 N–H and O–H groups in total. The van der Waals surface area contributed by atoms with Gasteiger partial charge in [-0.05, 0) is 30.2 Å². The topological polar surface area (TPSA) is 127 Å². The summed E-state index contributed by atoms with van der Waals surface area (Å²) in [6.07, 6.45) is 3.71. The SMILES string of the molecule is CCc1cc(Nc2nccn3c(-c4cn(CCF)nc4C(F)F)cnc23)ccc1C(=O)N1CCN(C(=O)CN)CC1. The first-order valence-corrected chi connectivity index (χ1v) is 13.3. The molecular formula is C27H30F3N9O2. The minimum atomic E-state index is -2.85. The summed E-state index contributed by atoms with van der Waals surface area (Å²) in [5.41, 5.74) is 8.00. The first kappa shape index (κ1) is 28.1. The molecule has 4 heterocycles. The molecule has 1 aromatic carbocycles. The van der Waals surface area contributed by atoms with Crippen LogP contribution >= 0.6 is 0 Å². The summed E-state index contributed by atoms with van der Waals surface area (Å²) in [5.74, 6) is 0.154. The zero-order valence-electron chi connectivity index (χ0n) is 22.4. The maximum absolute atomic E-state index is 13.7. The quantitative estimate of drug-likeness (QED) is 0.317. The molecule has 0 bridgehead atoms. The largest absolute Gasteiger partial charge is 0.338 e. The molecule has 1 aliphatic rings. The Kier molecular flexibility index (Phi) is 8.19. The van der Waals surface area contributed by atoms with Crippen LogP contribution in [0.15, 0.2) is 43.0 Å². The van der Waals surface area contributed by atoms with Crippen LogP contribution in [0.4, 0.5) is 24.7 Å². The number of aromatic nitrogens is 5. The molecule has 0 aliphatic carbocycles. The van der Waals surface area contributed by atoms with E-state index in [0.29, 0.717) is 61.0 Å². The first-order valence-electron chi connectivity index (χ1n) is 13.3. The molecule has 14 heteroatoms. The van der Waals surface area contributed by atoms with Gasteiger partial charge < -0.3 is 20.9 Å². The summed E-state index contributed by atoms with van der Waals surface area (Å²) < 4.78 is 43.0. The lowest BCUT2D eigenvalue weighted by atomic mass is 10.0. The van der Waals surface area contributed by atoms with E-state index in [1.165, 1.54) is 18.6 Å². The number of halogens is 3. The van der Waals surface area contributed by atoms with Crippen molar-refractivity contribution in [1.29, 1.82) is 0 Å². The van der Waals surface area contributed by atoms with Crippen molar-refractivity contribution in [2.24, 2.45) is 5.73 Å². The number of benzene rings is 1. The number of fused-ring (bicyclic) bond motifs is 1. The summed E-state index contributed by atoms with van der Waals surface area (Å²) >= 11 is 0. The first-order chi connectivity index (χ1) is 19.8. The number of amides is 2. The number of hydrogen-bond donors (Lipinski definition) is 2. The van der Waals surface area contributed by atoms with Crippen LogP contribution in [0.5, 0.6) is 0 Å². The Morgan fingerprint density at radius 2 is 1.88 bits per heavy atom. The van der Waals surface area contributed by atoms with E-state index in [4.69, 9.17) is 5.73 Å². The lowest BCUT2D eigenvalue weighted by molar-refractivity contribution is -0.131. The third-order valence-electron chi connectivity index (χ3n) is 7.09. The maximum Gasteiger partial charge on any atom is 0.282 e. The zero-order chi connectivity index (χ0) is 29.1. The summed E-state index contributed by atoms with van der Waals surface area (Å²) in [7, 11) is 0. The van der Waals surface area contributed by atoms with E-state index >= 15 is 0 Å². The van der Waals surface area contributed by atoms with Gasteiger partial charge in [0, 0.05) is 61.6 Å². The molecule has 0 radical (unpaired) electrons. The van der Waals surface area contributed by atoms with E-state index in [1.54, 1.807) is 32.5 Å². The van der Waals surface area contributed by atoms with Crippen LogP contribution in [0.2, 0.25) is 0 Å². The van der Waals surface area contributed by atoms with Gasteiger partial charge in [-0.25, -0.2) is 23.1 Å². The highest BCUT2D eigenvalue weighted by Crippen LogP contribution is 2.32. The molecule has 41 heavy (non-hydrogen) atoms. The van der Waals surface area contributed by atoms with Crippen molar-refractivity contribution in [3.63, 3.8) is 0 Å². The lowest BCUT2D eigenvalue weighted by Gasteiger charge is -2.35. The standard InChI is InChI=1S/C27H30F3N9O2/c1-2-17-13-18(3-4-19(17)27(41)37-11-9-36(10-12-37)22(40)14-31)34-25-26-33-15-21(39(26)8-6-32-25)20-16-38(7-5-28)35-23(20)24(29)30/h3-4,6,8,13,15-16,24H,2,5,7,9-12,14,31H2,1H3,(H,32,34). The highest BCUT2D eigenvalue weighted by Gasteiger charge is 2.26. The van der Waals surface area contributed by atoms with Crippen LogP contribution in [0.3, 0.4) is 0 Å². The molecule has 0 spiro atoms. The van der Waals surface area contributed by atoms with Gasteiger partial charge in [-0.15, -0.1) is 0 Å². The Morgan fingerprint density at radius 3 is 2.56 bits per heavy atom. The summed E-state index contributed by atoms with van der Waals surface area (Å²) in [4.78, 5) is 37.3. The molecule has 1 aliphatic heterocycles. The molecule has 11 nitrogen and oxygen atoms in total. The number of piperazine rings is 1. The predicted octanol–water partition coefficient (Wildman–Crippen LogP) is 3.05. The zero-order valence-corrected chi connectivity index (χ0v) is 22.4. The molecule has 2 amide bonds. The van der Waals surface area contributed by atoms with Crippen LogP contribution in [-0.4, -0.2) is 85.2 Å². The third kappa shape index (κ3) is 5.59. The number of rotatable bonds is 9. The highest BCUT2D eigenvalue weighted by molar-refractivity contribution is 5.96. The molecule has 4 aromatic rings. The van der Waals surface area contributed by atoms with Gasteiger partial charge >= 0.3 is 0 Å². The van der Waals surface area contributed by atoms with Gasteiger partial charge in [-0.2, -0.15) is 5.10 Å². The number of anilines is 2. The molecule has 0 saturated carbocycles. The number of imidazole rings is 1. The number of nitrogens with two attached hydrogens (primary N) is 1. The Bertz CT molecular complexity index is 1560. The number of nitrogens with zero attached hydrogens (tertiary/aromatic N) is 7. The average Bonchev–Trinajstić information content (AvgIpc) is 3.61. The van der Waals surface area contributed by atoms with E-state index in [2.05, 4.69) is 20.4 Å². The number of nitrogens with one attached hydrogen (secondary N) is 1. The predicted molar refractivity (Wildman–Crippen MR) is 146 cm³/mol. The molecule has 1 fully saturated rings. The summed E-state index contributed by atoms with van der Waals surface area (Å²) in [6, 6.07) is 5.39. The van der Waals surface area contributed by atoms with E-state index < -0.39 is 18.8 Å². The van der Waals surface area contributed by atoms with E-state index in [0.717, 1.165) is 10.2 Å². The van der Waals surface area contributed by atoms with Gasteiger partial charge in [0.25, 0.3) is 12.3 Å². The monoisotopic (exact) mass is 569 g/mol. The number of carbonyl (C=O) groups excluding carboxylic acids is 2. The Balaban J connectivity index is 1.38. The van der Waals surface area contributed by atoms with Crippen LogP contribution < -0.4 is 11.1 Å². The van der Waals surface area contributed by atoms with Gasteiger partial charge in [0.05, 0.1) is 25.0 Å². The number of hydrogen-bond acceptors (Lipinski definition) is 7. The minimum absolute atomic E-state index is 0.0487. The molecule has 3 aromatic heterocycles. The van der Waals surface area contributed by atoms with Crippen LogP contribution in [0, 0.1) is 0 Å². The van der Waals surface area contributed by atoms with Crippen LogP contribution in [-0.2, 0) is 17.8 Å². The van der Waals surface area contributed by atoms with Gasteiger partial charge in [-0.3, -0.25) is 18.7 Å². The maximum atomic E-state index is 13.7. The fraction of sp³-hybridized carbons (Fsp3) is 0.370. The van der Waals surface area contributed by atoms with Crippen LogP contribution in [0.25, 0.3) is 16.9 Å². The fourth-order valence-corrected chi connectivity index (χ4v) is 4.97. The van der Waals surface area contributed by atoms with Crippen molar-refractivity contribution in [3.05, 3.63) is 59.8 Å². The molecule has 5 rings (SSSR count). The third-order valence-corrected chi connectivity index (χ3v) is 7.09. The van der Waals surface area contributed by atoms with Crippen molar-refractivity contribution >= 4 is 29.0 Å². The number of carbonyl (C=O) groups is 2. The fourth-order valence-electron chi connectivity index (χ4n) is 4.97. The summed E-state index contributed by atoms with van der Waals surface area (Å²) in [6.45, 7) is 2.80. The molecule has 0 atom stereocenters. The second kappa shape index (κ2) is 12.0. The van der Waals surface area contributed by atoms with E-state index in [9.17, 15) is 22.8 Å². The van der Waals surface area contributed by atoms with Gasteiger partial charge in [0.1, 0.15) is 12.4 Å². The normalized spacial score (nSPS) is 13.8. The van der Waals surface area contributed by atoms with Crippen molar-refractivity contribution < 1.29 is 22.8 Å². The minimum Gasteiger partial charge on any atom is -0.338 e. The Hall–Kier alpha value is -4.46. The second-order valence-electron chi connectivity index (χ2n) is 9.52. The molecule has 216 valence electrons. The Morgan fingerprint density at radius 1 is 1.12 bits per heavy atom. The van der Waals surface area contributed by atoms with Gasteiger partial charge in [0.15, 0.2) is 11.5 Å². The van der Waals surface area contributed by atoms with Crippen molar-refractivity contribution in [3.8, 4) is 11.3 Å². The lowest BCUT2D eigenvalue weighted by Crippen LogP contribution is -2.52. The van der Waals surface area contributed by atoms with Crippen LogP contribution in [0.1, 0.15) is 35.0 Å². The second-order valence-corrected chi connectivity index (χ2v) is 9.52. The smallest absolute Gasteiger partial charge is 0.282 e. The van der Waals surface area contributed by atoms with Gasteiger partial charge in [0.2, 0.25) is 5.91 Å². The molecule has 1 saturated heterocycles. The van der Waals surface area contributed by atoms with Gasteiger partial charge in [-0.1, -0.05) is 6.92 Å². The summed E-state index contributed by atoms with van der Waals surface area (Å²) in [5, 5.41) is 7.07. The van der Waals surface area contributed by atoms with Crippen molar-refractivity contribution in [2.75, 3.05) is 44.7 Å². The average molecular weight is 570 g/mol. The van der Waals surface area contributed by atoms with Crippen molar-refractivity contribution in [2.45, 2.75) is 26.3 Å². The van der Waals surface area contributed by atoms with Crippen molar-refractivity contribution in [1.82, 2.24) is 33.9 Å². The highest BCUT2D eigenvalue weighted by atomic mass is 19.3. The molecular weight excluding hydrogens is 539 g/mol. The molecule has 0 unspecified atom stereocenters. The number of aryl methyl sites for hydroxylation is 2. The Labute approximate surface area is 233 Å². The van der Waals surface area contributed by atoms with E-state index in [-0.39, 0.29) is 30.5 Å². The van der Waals surface area contributed by atoms with E-state index in [1.807, 2.05) is 13.0 Å². The number of alkyl halides is 3.